The molecule has 0 heterocycles. The first-order valence-corrected chi connectivity index (χ1v) is 11.7. The summed E-state index contributed by atoms with van der Waals surface area (Å²) < 4.78 is 55.8. The highest BCUT2D eigenvalue weighted by Gasteiger charge is 2.37. The van der Waals surface area contributed by atoms with Gasteiger partial charge in [-0.25, -0.2) is 4.79 Å². The Balaban J connectivity index is 1.85. The van der Waals surface area contributed by atoms with E-state index in [1.165, 1.54) is 7.11 Å². The predicted molar refractivity (Wildman–Crippen MR) is 135 cm³/mol. The van der Waals surface area contributed by atoms with E-state index in [2.05, 4.69) is 0 Å². The van der Waals surface area contributed by atoms with Crippen molar-refractivity contribution >= 4 is 11.9 Å². The predicted octanol–water partition coefficient (Wildman–Crippen LogP) is 6.64. The first-order valence-electron chi connectivity index (χ1n) is 11.7. The SMILES string of the molecule is COC(=O)Cc1cccc(-c2ccc(OCc3ccc(C(F)(F)F)c(O)c3C(=O)OC(C)(C)C)cc2)c1C. The lowest BCUT2D eigenvalue weighted by atomic mass is 9.95. The highest BCUT2D eigenvalue weighted by Crippen LogP contribution is 2.39. The number of hydrogen-bond acceptors (Lipinski definition) is 6. The standard InChI is InChI=1S/C29H29F3O6/c1-17-19(15-24(33)36-5)7-6-8-22(17)18-9-12-21(13-10-18)37-16-20-11-14-23(29(30,31)32)26(34)25(20)27(35)38-28(2,3)4/h6-14,34H,15-16H2,1-5H3. The Morgan fingerprint density at radius 3 is 2.16 bits per heavy atom. The summed E-state index contributed by atoms with van der Waals surface area (Å²) >= 11 is 0. The van der Waals surface area contributed by atoms with Crippen molar-refractivity contribution in [2.75, 3.05) is 7.11 Å². The molecule has 0 unspecified atom stereocenters. The highest BCUT2D eigenvalue weighted by molar-refractivity contribution is 5.95. The highest BCUT2D eigenvalue weighted by atomic mass is 19.4. The summed E-state index contributed by atoms with van der Waals surface area (Å²) in [7, 11) is 1.34. The van der Waals surface area contributed by atoms with Gasteiger partial charge in [-0.3, -0.25) is 4.79 Å². The Bertz CT molecular complexity index is 1320. The van der Waals surface area contributed by atoms with Gasteiger partial charge in [0.1, 0.15) is 29.3 Å². The number of methoxy groups -OCH3 is 1. The minimum atomic E-state index is -4.86. The molecule has 38 heavy (non-hydrogen) atoms. The van der Waals surface area contributed by atoms with Gasteiger partial charge in [0.25, 0.3) is 0 Å². The minimum Gasteiger partial charge on any atom is -0.506 e. The molecule has 1 N–H and O–H groups in total. The molecule has 0 aliphatic rings. The molecule has 0 bridgehead atoms. The lowest BCUT2D eigenvalue weighted by Crippen LogP contribution is -2.25. The number of alkyl halides is 3. The van der Waals surface area contributed by atoms with E-state index in [4.69, 9.17) is 14.2 Å². The van der Waals surface area contributed by atoms with Crippen LogP contribution in [0.2, 0.25) is 0 Å². The van der Waals surface area contributed by atoms with Gasteiger partial charge in [0, 0.05) is 5.56 Å². The third kappa shape index (κ3) is 6.85. The summed E-state index contributed by atoms with van der Waals surface area (Å²) in [6.45, 7) is 6.33. The second kappa shape index (κ2) is 11.2. The van der Waals surface area contributed by atoms with Crippen molar-refractivity contribution in [3.8, 4) is 22.6 Å². The van der Waals surface area contributed by atoms with Crippen molar-refractivity contribution in [3.05, 3.63) is 82.4 Å². The number of carbonyl (C=O) groups is 2. The van der Waals surface area contributed by atoms with Crippen LogP contribution in [0.5, 0.6) is 11.5 Å². The zero-order valence-electron chi connectivity index (χ0n) is 21.7. The van der Waals surface area contributed by atoms with Crippen molar-refractivity contribution in [1.29, 1.82) is 0 Å². The number of benzene rings is 3. The van der Waals surface area contributed by atoms with Crippen molar-refractivity contribution in [1.82, 2.24) is 0 Å². The zero-order chi connectivity index (χ0) is 28.3. The number of halogens is 3. The largest absolute Gasteiger partial charge is 0.506 e. The number of carbonyl (C=O) groups excluding carboxylic acids is 2. The fourth-order valence-corrected chi connectivity index (χ4v) is 3.85. The lowest BCUT2D eigenvalue weighted by molar-refractivity contribution is -0.140. The summed E-state index contributed by atoms with van der Waals surface area (Å²) in [5, 5.41) is 10.3. The van der Waals surface area contributed by atoms with Crippen molar-refractivity contribution in [2.45, 2.75) is 52.5 Å². The second-order valence-corrected chi connectivity index (χ2v) is 9.65. The van der Waals surface area contributed by atoms with Gasteiger partial charge in [0.2, 0.25) is 0 Å². The van der Waals surface area contributed by atoms with E-state index >= 15 is 0 Å². The molecule has 0 atom stereocenters. The van der Waals surface area contributed by atoms with Crippen LogP contribution in [-0.2, 0) is 33.5 Å². The minimum absolute atomic E-state index is 0.0418. The maximum Gasteiger partial charge on any atom is 0.419 e. The maximum atomic E-state index is 13.4. The number of hydrogen-bond donors (Lipinski definition) is 1. The van der Waals surface area contributed by atoms with Gasteiger partial charge in [-0.15, -0.1) is 0 Å². The van der Waals surface area contributed by atoms with E-state index in [0.717, 1.165) is 28.3 Å². The van der Waals surface area contributed by atoms with E-state index in [-0.39, 0.29) is 24.6 Å². The molecule has 0 aliphatic carbocycles. The van der Waals surface area contributed by atoms with E-state index in [1.807, 2.05) is 25.1 Å². The Morgan fingerprint density at radius 2 is 1.58 bits per heavy atom. The molecule has 0 radical (unpaired) electrons. The molecule has 3 aromatic carbocycles. The van der Waals surface area contributed by atoms with Crippen LogP contribution in [0.1, 0.15) is 53.4 Å². The Labute approximate surface area is 219 Å². The summed E-state index contributed by atoms with van der Waals surface area (Å²) in [5.41, 5.74) is 0.667. The summed E-state index contributed by atoms with van der Waals surface area (Å²) in [5.74, 6) is -2.23. The average molecular weight is 531 g/mol. The van der Waals surface area contributed by atoms with Gasteiger partial charge in [-0.2, -0.15) is 13.2 Å². The first kappa shape index (κ1) is 28.6. The van der Waals surface area contributed by atoms with Crippen LogP contribution in [0.4, 0.5) is 13.2 Å². The van der Waals surface area contributed by atoms with Crippen LogP contribution in [0.15, 0.2) is 54.6 Å². The molecule has 0 fully saturated rings. The van der Waals surface area contributed by atoms with E-state index < -0.39 is 34.6 Å². The van der Waals surface area contributed by atoms with Crippen LogP contribution in [0.25, 0.3) is 11.1 Å². The topological polar surface area (TPSA) is 82.1 Å². The molecule has 0 aliphatic heterocycles. The molecule has 6 nitrogen and oxygen atoms in total. The summed E-state index contributed by atoms with van der Waals surface area (Å²) in [4.78, 5) is 24.4. The molecule has 0 spiro atoms. The van der Waals surface area contributed by atoms with E-state index in [0.29, 0.717) is 11.8 Å². The van der Waals surface area contributed by atoms with Gasteiger partial charge in [-0.1, -0.05) is 36.4 Å². The molecule has 3 rings (SSSR count). The van der Waals surface area contributed by atoms with Gasteiger partial charge in [0.15, 0.2) is 0 Å². The van der Waals surface area contributed by atoms with Gasteiger partial charge >= 0.3 is 18.1 Å². The molecule has 202 valence electrons. The van der Waals surface area contributed by atoms with Crippen molar-refractivity contribution in [3.63, 3.8) is 0 Å². The van der Waals surface area contributed by atoms with Gasteiger partial charge in [-0.05, 0) is 68.1 Å². The zero-order valence-corrected chi connectivity index (χ0v) is 21.7. The number of ether oxygens (including phenoxy) is 3. The molecule has 0 aromatic heterocycles. The molecular formula is C29H29F3O6. The van der Waals surface area contributed by atoms with Crippen LogP contribution in [0, 0.1) is 6.92 Å². The molecular weight excluding hydrogens is 501 g/mol. The average Bonchev–Trinajstić information content (AvgIpc) is 2.82. The van der Waals surface area contributed by atoms with Crippen LogP contribution in [-0.4, -0.2) is 29.8 Å². The summed E-state index contributed by atoms with van der Waals surface area (Å²) in [6, 6.07) is 14.4. The van der Waals surface area contributed by atoms with Crippen LogP contribution in [0.3, 0.4) is 0 Å². The van der Waals surface area contributed by atoms with E-state index in [9.17, 15) is 27.9 Å². The second-order valence-electron chi connectivity index (χ2n) is 9.65. The third-order valence-electron chi connectivity index (χ3n) is 5.74. The van der Waals surface area contributed by atoms with E-state index in [1.54, 1.807) is 45.0 Å². The van der Waals surface area contributed by atoms with Crippen molar-refractivity contribution in [2.24, 2.45) is 0 Å². The fraction of sp³-hybridized carbons (Fsp3) is 0.310. The van der Waals surface area contributed by atoms with Crippen molar-refractivity contribution < 1.29 is 42.1 Å². The van der Waals surface area contributed by atoms with Crippen LogP contribution >= 0.6 is 0 Å². The Kier molecular flexibility index (Phi) is 8.39. The van der Waals surface area contributed by atoms with Gasteiger partial charge in [0.05, 0.1) is 19.1 Å². The number of phenolic OH excluding ortho intramolecular Hbond substituents is 1. The summed E-state index contributed by atoms with van der Waals surface area (Å²) in [6.07, 6.45) is -4.71. The monoisotopic (exact) mass is 530 g/mol. The quantitative estimate of drug-likeness (QED) is 0.345. The molecule has 3 aromatic rings. The first-order chi connectivity index (χ1) is 17.7. The molecule has 0 saturated carbocycles. The molecule has 0 saturated heterocycles. The molecule has 0 amide bonds. The number of phenols is 1. The number of aromatic hydroxyl groups is 1. The third-order valence-corrected chi connectivity index (χ3v) is 5.74. The lowest BCUT2D eigenvalue weighted by Gasteiger charge is -2.22. The van der Waals surface area contributed by atoms with Crippen LogP contribution < -0.4 is 4.74 Å². The molecule has 9 heteroatoms. The smallest absolute Gasteiger partial charge is 0.419 e. The number of rotatable bonds is 7. The maximum absolute atomic E-state index is 13.4. The van der Waals surface area contributed by atoms with Gasteiger partial charge < -0.3 is 19.3 Å². The fourth-order valence-electron chi connectivity index (χ4n) is 3.85. The Hall–Kier alpha value is -4.01. The number of esters is 2. The Morgan fingerprint density at radius 1 is 0.921 bits per heavy atom. The normalized spacial score (nSPS) is 11.7.